The zero-order valence-electron chi connectivity index (χ0n) is 11.0. The fraction of sp³-hybridized carbons (Fsp3) is 0.583. The standard InChI is InChI=1S/C12H16O7/c1-12(2)18-7-8(19-12)6-17-11(15)9(13)4-5-10(14)16-3/h4-5,8H,6-7H2,1-3H3/b5-4+. The van der Waals surface area contributed by atoms with E-state index in [0.717, 1.165) is 19.3 Å². The van der Waals surface area contributed by atoms with Crippen molar-refractivity contribution in [1.82, 2.24) is 0 Å². The van der Waals surface area contributed by atoms with E-state index >= 15 is 0 Å². The predicted molar refractivity (Wildman–Crippen MR) is 62.0 cm³/mol. The third kappa shape index (κ3) is 5.19. The maximum atomic E-state index is 11.3. The SMILES string of the molecule is COC(=O)/C=C/C(=O)C(=O)OCC1COC(C)(C)O1. The molecular formula is C12H16O7. The minimum Gasteiger partial charge on any atom is -0.466 e. The number of hydrogen-bond donors (Lipinski definition) is 0. The average molecular weight is 272 g/mol. The average Bonchev–Trinajstić information content (AvgIpc) is 2.72. The normalized spacial score (nSPS) is 21.3. The summed E-state index contributed by atoms with van der Waals surface area (Å²) in [4.78, 5) is 33.3. The topological polar surface area (TPSA) is 88.1 Å². The Morgan fingerprint density at radius 2 is 2.00 bits per heavy atom. The lowest BCUT2D eigenvalue weighted by Crippen LogP contribution is -2.27. The zero-order valence-corrected chi connectivity index (χ0v) is 11.0. The van der Waals surface area contributed by atoms with Crippen molar-refractivity contribution < 1.29 is 33.3 Å². The molecule has 19 heavy (non-hydrogen) atoms. The van der Waals surface area contributed by atoms with Gasteiger partial charge in [0.25, 0.3) is 5.78 Å². The molecule has 0 aromatic rings. The van der Waals surface area contributed by atoms with Crippen LogP contribution in [0.15, 0.2) is 12.2 Å². The highest BCUT2D eigenvalue weighted by molar-refractivity contribution is 6.38. The van der Waals surface area contributed by atoms with Crippen LogP contribution in [0.2, 0.25) is 0 Å². The first-order chi connectivity index (χ1) is 8.84. The predicted octanol–water partition coefficient (Wildman–Crippen LogP) is -0.0206. The van der Waals surface area contributed by atoms with Gasteiger partial charge in [0.05, 0.1) is 13.7 Å². The highest BCUT2D eigenvalue weighted by Gasteiger charge is 2.33. The minimum atomic E-state index is -1.06. The van der Waals surface area contributed by atoms with Gasteiger partial charge in [0.15, 0.2) is 5.79 Å². The largest absolute Gasteiger partial charge is 0.466 e. The van der Waals surface area contributed by atoms with E-state index < -0.39 is 29.6 Å². The first-order valence-corrected chi connectivity index (χ1v) is 5.63. The Kier molecular flexibility index (Phi) is 5.20. The Bertz CT molecular complexity index is 397. The first kappa shape index (κ1) is 15.3. The Balaban J connectivity index is 2.34. The molecule has 106 valence electrons. The summed E-state index contributed by atoms with van der Waals surface area (Å²) in [5, 5.41) is 0. The molecule has 1 aliphatic heterocycles. The maximum Gasteiger partial charge on any atom is 0.379 e. The van der Waals surface area contributed by atoms with Crippen LogP contribution in [0.3, 0.4) is 0 Å². The van der Waals surface area contributed by atoms with E-state index in [1.165, 1.54) is 0 Å². The molecule has 0 aliphatic carbocycles. The fourth-order valence-corrected chi connectivity index (χ4v) is 1.36. The molecule has 0 radical (unpaired) electrons. The molecule has 0 aromatic carbocycles. The van der Waals surface area contributed by atoms with Crippen molar-refractivity contribution in [3.8, 4) is 0 Å². The van der Waals surface area contributed by atoms with E-state index in [2.05, 4.69) is 4.74 Å². The summed E-state index contributed by atoms with van der Waals surface area (Å²) in [6.45, 7) is 3.67. The maximum absolute atomic E-state index is 11.3. The van der Waals surface area contributed by atoms with Crippen LogP contribution in [-0.4, -0.2) is 49.9 Å². The lowest BCUT2D eigenvalue weighted by molar-refractivity contribution is -0.161. The van der Waals surface area contributed by atoms with Gasteiger partial charge in [-0.25, -0.2) is 9.59 Å². The van der Waals surface area contributed by atoms with Gasteiger partial charge < -0.3 is 18.9 Å². The minimum absolute atomic E-state index is 0.0833. The summed E-state index contributed by atoms with van der Waals surface area (Å²) in [7, 11) is 1.16. The van der Waals surface area contributed by atoms with E-state index in [1.807, 2.05) is 0 Å². The van der Waals surface area contributed by atoms with Crippen molar-refractivity contribution in [2.24, 2.45) is 0 Å². The Hall–Kier alpha value is -1.73. The quantitative estimate of drug-likeness (QED) is 0.395. The van der Waals surface area contributed by atoms with Crippen LogP contribution >= 0.6 is 0 Å². The molecule has 1 fully saturated rings. The molecule has 1 atom stereocenters. The fourth-order valence-electron chi connectivity index (χ4n) is 1.36. The lowest BCUT2D eigenvalue weighted by Gasteiger charge is -2.16. The number of esters is 2. The second-order valence-electron chi connectivity index (χ2n) is 4.27. The summed E-state index contributed by atoms with van der Waals surface area (Å²) in [5.74, 6) is -3.45. The smallest absolute Gasteiger partial charge is 0.379 e. The summed E-state index contributed by atoms with van der Waals surface area (Å²) in [5.41, 5.74) is 0. The van der Waals surface area contributed by atoms with Crippen LogP contribution in [0, 0.1) is 0 Å². The van der Waals surface area contributed by atoms with Crippen molar-refractivity contribution in [2.75, 3.05) is 20.3 Å². The third-order valence-electron chi connectivity index (χ3n) is 2.24. The summed E-state index contributed by atoms with van der Waals surface area (Å²) < 4.78 is 19.7. The van der Waals surface area contributed by atoms with Gasteiger partial charge in [-0.05, 0) is 13.8 Å². The Morgan fingerprint density at radius 1 is 1.32 bits per heavy atom. The lowest BCUT2D eigenvalue weighted by atomic mass is 10.3. The summed E-state index contributed by atoms with van der Waals surface area (Å²) in [6, 6.07) is 0. The van der Waals surface area contributed by atoms with Gasteiger partial charge in [-0.1, -0.05) is 0 Å². The van der Waals surface area contributed by atoms with Gasteiger partial charge >= 0.3 is 11.9 Å². The molecule has 1 unspecified atom stereocenters. The van der Waals surface area contributed by atoms with Crippen molar-refractivity contribution >= 4 is 17.7 Å². The highest BCUT2D eigenvalue weighted by Crippen LogP contribution is 2.22. The molecule has 1 heterocycles. The van der Waals surface area contributed by atoms with E-state index in [9.17, 15) is 14.4 Å². The van der Waals surface area contributed by atoms with E-state index in [1.54, 1.807) is 13.8 Å². The third-order valence-corrected chi connectivity index (χ3v) is 2.24. The number of hydrogen-bond acceptors (Lipinski definition) is 7. The van der Waals surface area contributed by atoms with Crippen molar-refractivity contribution in [3.05, 3.63) is 12.2 Å². The van der Waals surface area contributed by atoms with Crippen LogP contribution in [0.1, 0.15) is 13.8 Å². The van der Waals surface area contributed by atoms with Crippen molar-refractivity contribution in [3.63, 3.8) is 0 Å². The first-order valence-electron chi connectivity index (χ1n) is 5.63. The van der Waals surface area contributed by atoms with Gasteiger partial charge in [0, 0.05) is 12.2 Å². The van der Waals surface area contributed by atoms with E-state index in [-0.39, 0.29) is 13.2 Å². The van der Waals surface area contributed by atoms with Gasteiger partial charge in [-0.3, -0.25) is 4.79 Å². The highest BCUT2D eigenvalue weighted by atomic mass is 16.7. The molecule has 1 aliphatic rings. The molecule has 0 bridgehead atoms. The van der Waals surface area contributed by atoms with E-state index in [0.29, 0.717) is 0 Å². The summed E-state index contributed by atoms with van der Waals surface area (Å²) in [6.07, 6.45) is 1.24. The molecule has 0 spiro atoms. The van der Waals surface area contributed by atoms with Gasteiger partial charge in [-0.15, -0.1) is 0 Å². The number of ketones is 1. The Labute approximate surface area is 110 Å². The van der Waals surface area contributed by atoms with Gasteiger partial charge in [0.2, 0.25) is 0 Å². The molecule has 1 rings (SSSR count). The molecule has 7 nitrogen and oxygen atoms in total. The van der Waals surface area contributed by atoms with Crippen LogP contribution in [0.5, 0.6) is 0 Å². The van der Waals surface area contributed by atoms with Crippen LogP contribution < -0.4 is 0 Å². The number of methoxy groups -OCH3 is 1. The molecule has 7 heteroatoms. The van der Waals surface area contributed by atoms with Crippen LogP contribution in [0.25, 0.3) is 0 Å². The van der Waals surface area contributed by atoms with Gasteiger partial charge in [-0.2, -0.15) is 0 Å². The Morgan fingerprint density at radius 3 is 2.53 bits per heavy atom. The second-order valence-corrected chi connectivity index (χ2v) is 4.27. The molecular weight excluding hydrogens is 256 g/mol. The van der Waals surface area contributed by atoms with Crippen molar-refractivity contribution in [2.45, 2.75) is 25.7 Å². The number of carbonyl (C=O) groups excluding carboxylic acids is 3. The molecule has 1 saturated heterocycles. The van der Waals surface area contributed by atoms with Crippen LogP contribution in [0.4, 0.5) is 0 Å². The number of carbonyl (C=O) groups is 3. The number of rotatable bonds is 5. The summed E-state index contributed by atoms with van der Waals surface area (Å²) >= 11 is 0. The van der Waals surface area contributed by atoms with Gasteiger partial charge in [0.1, 0.15) is 12.7 Å². The van der Waals surface area contributed by atoms with Crippen LogP contribution in [-0.2, 0) is 33.3 Å². The molecule has 0 N–H and O–H groups in total. The second kappa shape index (κ2) is 6.44. The molecule has 0 saturated carbocycles. The van der Waals surface area contributed by atoms with Crippen molar-refractivity contribution in [1.29, 1.82) is 0 Å². The van der Waals surface area contributed by atoms with E-state index in [4.69, 9.17) is 14.2 Å². The zero-order chi connectivity index (χ0) is 14.5. The monoisotopic (exact) mass is 272 g/mol. The molecule has 0 aromatic heterocycles. The molecule has 0 amide bonds. The number of ether oxygens (including phenoxy) is 4.